The van der Waals surface area contributed by atoms with Crippen molar-refractivity contribution in [3.8, 4) is 5.88 Å². The Morgan fingerprint density at radius 2 is 2.26 bits per heavy atom. The minimum atomic E-state index is -0.584. The highest BCUT2D eigenvalue weighted by Crippen LogP contribution is 2.36. The Morgan fingerprint density at radius 3 is 2.89 bits per heavy atom. The van der Waals surface area contributed by atoms with E-state index in [2.05, 4.69) is 14.1 Å². The zero-order chi connectivity index (χ0) is 13.6. The fourth-order valence-corrected chi connectivity index (χ4v) is 2.84. The first-order valence-electron chi connectivity index (χ1n) is 6.64. The van der Waals surface area contributed by atoms with Gasteiger partial charge in [-0.05, 0) is 12.8 Å². The van der Waals surface area contributed by atoms with Crippen LogP contribution in [-0.2, 0) is 0 Å². The smallest absolute Gasteiger partial charge is 0.245 e. The molecule has 1 heterocycles. The van der Waals surface area contributed by atoms with E-state index < -0.39 is 6.10 Å². The number of hydrogen-bond acceptors (Lipinski definition) is 7. The highest BCUT2D eigenvalue weighted by atomic mass is 32.1. The molecule has 1 aliphatic carbocycles. The Labute approximate surface area is 117 Å². The molecule has 1 fully saturated rings. The van der Waals surface area contributed by atoms with Gasteiger partial charge in [0.2, 0.25) is 5.88 Å². The lowest BCUT2D eigenvalue weighted by molar-refractivity contribution is 0.0905. The lowest BCUT2D eigenvalue weighted by atomic mass is 9.87. The van der Waals surface area contributed by atoms with E-state index >= 15 is 0 Å². The number of nitrogens with one attached hydrogen (secondary N) is 1. The Kier molecular flexibility index (Phi) is 5.50. The van der Waals surface area contributed by atoms with E-state index in [-0.39, 0.29) is 18.6 Å². The van der Waals surface area contributed by atoms with Gasteiger partial charge in [-0.2, -0.15) is 4.37 Å². The standard InChI is InChI=1S/C12H21N3O3S/c16-9-12(3-1-2-4-12)8-13-5-10(17)7-18-11-6-14-19-15-11/h6,10,13,16-17H,1-5,7-9H2. The number of aliphatic hydroxyl groups is 2. The van der Waals surface area contributed by atoms with Crippen LogP contribution in [0.2, 0.25) is 0 Å². The lowest BCUT2D eigenvalue weighted by Crippen LogP contribution is -2.40. The van der Waals surface area contributed by atoms with Crippen molar-refractivity contribution >= 4 is 11.7 Å². The second kappa shape index (κ2) is 7.14. The molecule has 0 aliphatic heterocycles. The molecule has 0 aromatic carbocycles. The molecule has 1 aliphatic rings. The average molecular weight is 287 g/mol. The van der Waals surface area contributed by atoms with Gasteiger partial charge in [-0.3, -0.25) is 0 Å². The van der Waals surface area contributed by atoms with Gasteiger partial charge in [0.1, 0.15) is 18.9 Å². The van der Waals surface area contributed by atoms with E-state index in [1.165, 1.54) is 19.0 Å². The van der Waals surface area contributed by atoms with Crippen molar-refractivity contribution in [3.05, 3.63) is 6.20 Å². The summed E-state index contributed by atoms with van der Waals surface area (Å²) in [7, 11) is 0. The SMILES string of the molecule is OCC1(CNCC(O)COc2cnsn2)CCCC1. The van der Waals surface area contributed by atoms with Crippen LogP contribution in [0.4, 0.5) is 0 Å². The number of rotatable bonds is 8. The second-order valence-electron chi connectivity index (χ2n) is 5.21. The first-order chi connectivity index (χ1) is 9.24. The van der Waals surface area contributed by atoms with Crippen LogP contribution in [0, 0.1) is 5.41 Å². The third kappa shape index (κ3) is 4.38. The van der Waals surface area contributed by atoms with Crippen molar-refractivity contribution in [2.45, 2.75) is 31.8 Å². The maximum Gasteiger partial charge on any atom is 0.245 e. The van der Waals surface area contributed by atoms with Gasteiger partial charge in [-0.25, -0.2) is 0 Å². The molecule has 3 N–H and O–H groups in total. The Hall–Kier alpha value is -0.760. The van der Waals surface area contributed by atoms with Gasteiger partial charge in [0.05, 0.1) is 11.7 Å². The number of hydrogen-bond donors (Lipinski definition) is 3. The minimum absolute atomic E-state index is 0.0133. The lowest BCUT2D eigenvalue weighted by Gasteiger charge is -2.27. The predicted molar refractivity (Wildman–Crippen MR) is 72.3 cm³/mol. The molecule has 7 heteroatoms. The molecule has 1 aromatic rings. The van der Waals surface area contributed by atoms with Gasteiger partial charge in [-0.1, -0.05) is 12.8 Å². The van der Waals surface area contributed by atoms with Crippen molar-refractivity contribution < 1.29 is 14.9 Å². The fourth-order valence-electron chi connectivity index (χ4n) is 2.48. The van der Waals surface area contributed by atoms with Crippen molar-refractivity contribution in [2.75, 3.05) is 26.3 Å². The number of aromatic nitrogens is 2. The molecular weight excluding hydrogens is 266 g/mol. The van der Waals surface area contributed by atoms with Gasteiger partial charge in [0.25, 0.3) is 0 Å². The van der Waals surface area contributed by atoms with Crippen LogP contribution in [0.15, 0.2) is 6.20 Å². The van der Waals surface area contributed by atoms with Crippen molar-refractivity contribution in [3.63, 3.8) is 0 Å². The largest absolute Gasteiger partial charge is 0.473 e. The quantitative estimate of drug-likeness (QED) is 0.642. The maximum absolute atomic E-state index is 9.78. The Balaban J connectivity index is 1.62. The molecule has 0 radical (unpaired) electrons. The molecule has 0 bridgehead atoms. The van der Waals surface area contributed by atoms with E-state index in [4.69, 9.17) is 4.74 Å². The van der Waals surface area contributed by atoms with Gasteiger partial charge >= 0.3 is 0 Å². The molecule has 108 valence electrons. The molecule has 1 atom stereocenters. The molecule has 19 heavy (non-hydrogen) atoms. The van der Waals surface area contributed by atoms with Crippen LogP contribution in [0.3, 0.4) is 0 Å². The molecule has 1 saturated carbocycles. The van der Waals surface area contributed by atoms with Crippen LogP contribution in [0.25, 0.3) is 0 Å². The summed E-state index contributed by atoms with van der Waals surface area (Å²) in [5.74, 6) is 0.451. The van der Waals surface area contributed by atoms with Crippen molar-refractivity contribution in [1.29, 1.82) is 0 Å². The zero-order valence-electron chi connectivity index (χ0n) is 10.9. The summed E-state index contributed by atoms with van der Waals surface area (Å²) >= 11 is 1.08. The summed E-state index contributed by atoms with van der Waals surface area (Å²) in [6.07, 6.45) is 5.44. The van der Waals surface area contributed by atoms with Gasteiger partial charge < -0.3 is 20.3 Å². The minimum Gasteiger partial charge on any atom is -0.473 e. The van der Waals surface area contributed by atoms with E-state index in [9.17, 15) is 10.2 Å². The summed E-state index contributed by atoms with van der Waals surface area (Å²) < 4.78 is 13.0. The van der Waals surface area contributed by atoms with Crippen LogP contribution in [-0.4, -0.2) is 51.4 Å². The molecule has 0 amide bonds. The van der Waals surface area contributed by atoms with Crippen LogP contribution in [0.1, 0.15) is 25.7 Å². The molecule has 0 spiro atoms. The fraction of sp³-hybridized carbons (Fsp3) is 0.833. The predicted octanol–water partition coefficient (Wildman–Crippen LogP) is 0.420. The zero-order valence-corrected chi connectivity index (χ0v) is 11.7. The van der Waals surface area contributed by atoms with E-state index in [0.29, 0.717) is 12.4 Å². The highest BCUT2D eigenvalue weighted by molar-refractivity contribution is 6.99. The molecule has 2 rings (SSSR count). The van der Waals surface area contributed by atoms with E-state index in [0.717, 1.165) is 31.1 Å². The third-order valence-corrected chi connectivity index (χ3v) is 4.11. The third-order valence-electron chi connectivity index (χ3n) is 3.64. The maximum atomic E-state index is 9.78. The Morgan fingerprint density at radius 1 is 1.47 bits per heavy atom. The van der Waals surface area contributed by atoms with Crippen molar-refractivity contribution in [2.24, 2.45) is 5.41 Å². The topological polar surface area (TPSA) is 87.5 Å². The average Bonchev–Trinajstić information content (AvgIpc) is 3.08. The van der Waals surface area contributed by atoms with E-state index in [1.54, 1.807) is 0 Å². The van der Waals surface area contributed by atoms with E-state index in [1.807, 2.05) is 0 Å². The second-order valence-corrected chi connectivity index (χ2v) is 5.76. The molecule has 6 nitrogen and oxygen atoms in total. The molecule has 1 aromatic heterocycles. The summed E-state index contributed by atoms with van der Waals surface area (Å²) in [5.41, 5.74) is 0.0133. The summed E-state index contributed by atoms with van der Waals surface area (Å²) in [5, 5.41) is 22.5. The monoisotopic (exact) mass is 287 g/mol. The number of nitrogens with zero attached hydrogens (tertiary/aromatic N) is 2. The van der Waals surface area contributed by atoms with Crippen LogP contribution < -0.4 is 10.1 Å². The highest BCUT2D eigenvalue weighted by Gasteiger charge is 2.32. The summed E-state index contributed by atoms with van der Waals surface area (Å²) in [4.78, 5) is 0. The van der Waals surface area contributed by atoms with Crippen molar-refractivity contribution in [1.82, 2.24) is 14.1 Å². The van der Waals surface area contributed by atoms with Gasteiger partial charge in [0.15, 0.2) is 0 Å². The number of aliphatic hydroxyl groups excluding tert-OH is 2. The first-order valence-corrected chi connectivity index (χ1v) is 7.37. The Bertz CT molecular complexity index is 355. The molecule has 1 unspecified atom stereocenters. The van der Waals surface area contributed by atoms with Crippen LogP contribution >= 0.6 is 11.7 Å². The molecule has 0 saturated heterocycles. The first kappa shape index (κ1) is 14.6. The van der Waals surface area contributed by atoms with Gasteiger partial charge in [-0.15, -0.1) is 4.37 Å². The van der Waals surface area contributed by atoms with Gasteiger partial charge in [0, 0.05) is 25.1 Å². The normalized spacial score (nSPS) is 19.5. The van der Waals surface area contributed by atoms with Crippen LogP contribution in [0.5, 0.6) is 5.88 Å². The number of ether oxygens (including phenoxy) is 1. The summed E-state index contributed by atoms with van der Waals surface area (Å²) in [6, 6.07) is 0. The summed E-state index contributed by atoms with van der Waals surface area (Å²) in [6.45, 7) is 1.62. The molecular formula is C12H21N3O3S.